The number of hydrogen-bond acceptors (Lipinski definition) is 5. The Hall–Kier alpha value is -2.29. The molecule has 1 heterocycles. The highest BCUT2D eigenvalue weighted by Gasteiger charge is 2.27. The number of sulfonamides is 1. The van der Waals surface area contributed by atoms with E-state index in [4.69, 9.17) is 21.1 Å². The summed E-state index contributed by atoms with van der Waals surface area (Å²) in [5.74, 6) is 0.165. The van der Waals surface area contributed by atoms with E-state index in [-0.39, 0.29) is 16.2 Å². The number of piperidine rings is 1. The summed E-state index contributed by atoms with van der Waals surface area (Å²) in [4.78, 5) is 13.0. The van der Waals surface area contributed by atoms with Gasteiger partial charge in [-0.2, -0.15) is 4.31 Å². The van der Waals surface area contributed by atoms with Gasteiger partial charge in [0.2, 0.25) is 10.0 Å². The Balaban J connectivity index is 1.95. The van der Waals surface area contributed by atoms with Crippen molar-refractivity contribution in [2.45, 2.75) is 24.2 Å². The van der Waals surface area contributed by atoms with E-state index in [1.54, 1.807) is 18.2 Å². The molecule has 7 nitrogen and oxygen atoms in total. The minimum absolute atomic E-state index is 0.0587. The first-order valence-corrected chi connectivity index (χ1v) is 11.0. The van der Waals surface area contributed by atoms with Crippen molar-refractivity contribution < 1.29 is 22.7 Å². The average molecular weight is 439 g/mol. The lowest BCUT2D eigenvalue weighted by Gasteiger charge is -2.26. The van der Waals surface area contributed by atoms with Crippen LogP contribution >= 0.6 is 11.6 Å². The normalized spacial score (nSPS) is 15.0. The molecule has 2 aromatic rings. The summed E-state index contributed by atoms with van der Waals surface area (Å²) in [5, 5.41) is 3.14. The zero-order valence-electron chi connectivity index (χ0n) is 16.3. The molecule has 1 fully saturated rings. The standard InChI is InChI=1S/C20H23ClN2O5S/c1-27-18-9-7-15(29(25,26)23-10-4-3-5-11-23)13-16(18)20(24)22-17-12-14(21)6-8-19(17)28-2/h6-9,12-13H,3-5,10-11H2,1-2H3,(H,22,24). The molecular weight excluding hydrogens is 416 g/mol. The van der Waals surface area contributed by atoms with Gasteiger partial charge in [-0.05, 0) is 49.2 Å². The molecule has 1 aliphatic rings. The van der Waals surface area contributed by atoms with Gasteiger partial charge in [-0.25, -0.2) is 8.42 Å². The first-order chi connectivity index (χ1) is 13.9. The Morgan fingerprint density at radius 2 is 1.66 bits per heavy atom. The monoisotopic (exact) mass is 438 g/mol. The third kappa shape index (κ3) is 4.66. The molecule has 29 heavy (non-hydrogen) atoms. The second kappa shape index (κ2) is 9.02. The van der Waals surface area contributed by atoms with Crippen molar-refractivity contribution in [1.29, 1.82) is 0 Å². The second-order valence-corrected chi connectivity index (χ2v) is 9.00. The van der Waals surface area contributed by atoms with Crippen molar-refractivity contribution in [3.8, 4) is 11.5 Å². The summed E-state index contributed by atoms with van der Waals surface area (Å²) in [7, 11) is -0.784. The zero-order valence-corrected chi connectivity index (χ0v) is 17.8. The van der Waals surface area contributed by atoms with E-state index in [2.05, 4.69) is 5.32 Å². The van der Waals surface area contributed by atoms with Gasteiger partial charge in [0.15, 0.2) is 0 Å². The van der Waals surface area contributed by atoms with Crippen LogP contribution in [-0.4, -0.2) is 45.9 Å². The van der Waals surface area contributed by atoms with Crippen LogP contribution in [0.15, 0.2) is 41.3 Å². The molecule has 0 saturated carbocycles. The first kappa shape index (κ1) is 21.4. The molecule has 0 aliphatic carbocycles. The number of halogens is 1. The van der Waals surface area contributed by atoms with Gasteiger partial charge in [0.25, 0.3) is 5.91 Å². The number of rotatable bonds is 6. The van der Waals surface area contributed by atoms with E-state index in [1.165, 1.54) is 36.7 Å². The summed E-state index contributed by atoms with van der Waals surface area (Å²) >= 11 is 6.02. The molecule has 0 spiro atoms. The average Bonchev–Trinajstić information content (AvgIpc) is 2.74. The number of carbonyl (C=O) groups excluding carboxylic acids is 1. The molecule has 2 aromatic carbocycles. The number of amides is 1. The van der Waals surface area contributed by atoms with Crippen molar-refractivity contribution >= 4 is 33.2 Å². The number of hydrogen-bond donors (Lipinski definition) is 1. The van der Waals surface area contributed by atoms with Crippen LogP contribution in [0.25, 0.3) is 0 Å². The van der Waals surface area contributed by atoms with Gasteiger partial charge in [-0.1, -0.05) is 18.0 Å². The third-order valence-electron chi connectivity index (χ3n) is 4.78. The second-order valence-electron chi connectivity index (χ2n) is 6.63. The molecule has 156 valence electrons. The Bertz CT molecular complexity index is 1000. The summed E-state index contributed by atoms with van der Waals surface area (Å²) in [6.45, 7) is 0.964. The molecule has 1 N–H and O–H groups in total. The van der Waals surface area contributed by atoms with E-state index < -0.39 is 15.9 Å². The molecule has 1 saturated heterocycles. The maximum absolute atomic E-state index is 13.0. The van der Waals surface area contributed by atoms with Gasteiger partial charge < -0.3 is 14.8 Å². The molecule has 3 rings (SSSR count). The fourth-order valence-corrected chi connectivity index (χ4v) is 4.96. The molecule has 0 bridgehead atoms. The van der Waals surface area contributed by atoms with Gasteiger partial charge in [-0.15, -0.1) is 0 Å². The molecule has 0 atom stereocenters. The maximum Gasteiger partial charge on any atom is 0.259 e. The highest BCUT2D eigenvalue weighted by Crippen LogP contribution is 2.30. The molecule has 1 amide bonds. The molecule has 9 heteroatoms. The quantitative estimate of drug-likeness (QED) is 0.741. The van der Waals surface area contributed by atoms with Crippen LogP contribution in [0, 0.1) is 0 Å². The Kier molecular flexibility index (Phi) is 6.66. The van der Waals surface area contributed by atoms with E-state index in [0.29, 0.717) is 29.5 Å². The van der Waals surface area contributed by atoms with Crippen LogP contribution in [0.3, 0.4) is 0 Å². The Labute approximate surface area is 175 Å². The smallest absolute Gasteiger partial charge is 0.259 e. The Morgan fingerprint density at radius 1 is 1.00 bits per heavy atom. The summed E-state index contributed by atoms with van der Waals surface area (Å²) in [6.07, 6.45) is 2.68. The number of nitrogens with one attached hydrogen (secondary N) is 1. The minimum Gasteiger partial charge on any atom is -0.496 e. The predicted molar refractivity (Wildman–Crippen MR) is 112 cm³/mol. The number of methoxy groups -OCH3 is 2. The molecule has 0 radical (unpaired) electrons. The van der Waals surface area contributed by atoms with Gasteiger partial charge >= 0.3 is 0 Å². The van der Waals surface area contributed by atoms with Crippen molar-refractivity contribution in [3.05, 3.63) is 47.0 Å². The van der Waals surface area contributed by atoms with E-state index in [0.717, 1.165) is 19.3 Å². The predicted octanol–water partition coefficient (Wildman–Crippen LogP) is 3.78. The summed E-state index contributed by atoms with van der Waals surface area (Å²) < 4.78 is 37.9. The number of anilines is 1. The fraction of sp³-hybridized carbons (Fsp3) is 0.350. The maximum atomic E-state index is 13.0. The summed E-state index contributed by atoms with van der Waals surface area (Å²) in [6, 6.07) is 9.11. The lowest BCUT2D eigenvalue weighted by molar-refractivity contribution is 0.102. The van der Waals surface area contributed by atoms with E-state index in [1.807, 2.05) is 0 Å². The largest absolute Gasteiger partial charge is 0.496 e. The minimum atomic E-state index is -3.68. The number of benzene rings is 2. The number of ether oxygens (including phenoxy) is 2. The molecule has 1 aliphatic heterocycles. The van der Waals surface area contributed by atoms with Crippen LogP contribution in [0.2, 0.25) is 5.02 Å². The lowest BCUT2D eigenvalue weighted by atomic mass is 10.1. The van der Waals surface area contributed by atoms with Crippen molar-refractivity contribution in [3.63, 3.8) is 0 Å². The van der Waals surface area contributed by atoms with Crippen molar-refractivity contribution in [2.75, 3.05) is 32.6 Å². The third-order valence-corrected chi connectivity index (χ3v) is 6.91. The van der Waals surface area contributed by atoms with Crippen LogP contribution in [0.1, 0.15) is 29.6 Å². The Morgan fingerprint density at radius 3 is 2.31 bits per heavy atom. The zero-order chi connectivity index (χ0) is 21.0. The van der Waals surface area contributed by atoms with E-state index in [9.17, 15) is 13.2 Å². The highest BCUT2D eigenvalue weighted by molar-refractivity contribution is 7.89. The van der Waals surface area contributed by atoms with Crippen molar-refractivity contribution in [2.24, 2.45) is 0 Å². The van der Waals surface area contributed by atoms with E-state index >= 15 is 0 Å². The van der Waals surface area contributed by atoms with Crippen LogP contribution in [0.5, 0.6) is 11.5 Å². The number of carbonyl (C=O) groups is 1. The molecular formula is C20H23ClN2O5S. The summed E-state index contributed by atoms with van der Waals surface area (Å²) in [5.41, 5.74) is 0.476. The van der Waals surface area contributed by atoms with Gasteiger partial charge in [0.05, 0.1) is 30.4 Å². The van der Waals surface area contributed by atoms with Gasteiger partial charge in [-0.3, -0.25) is 4.79 Å². The lowest BCUT2D eigenvalue weighted by Crippen LogP contribution is -2.35. The SMILES string of the molecule is COc1ccc(Cl)cc1NC(=O)c1cc(S(=O)(=O)N2CCCCC2)ccc1OC. The molecule has 0 aromatic heterocycles. The topological polar surface area (TPSA) is 84.9 Å². The number of nitrogens with zero attached hydrogens (tertiary/aromatic N) is 1. The van der Waals surface area contributed by atoms with Crippen LogP contribution < -0.4 is 14.8 Å². The van der Waals surface area contributed by atoms with Crippen LogP contribution in [0.4, 0.5) is 5.69 Å². The van der Waals surface area contributed by atoms with Gasteiger partial charge in [0.1, 0.15) is 11.5 Å². The first-order valence-electron chi connectivity index (χ1n) is 9.20. The van der Waals surface area contributed by atoms with Gasteiger partial charge in [0, 0.05) is 18.1 Å². The fourth-order valence-electron chi connectivity index (χ4n) is 3.25. The van der Waals surface area contributed by atoms with Crippen molar-refractivity contribution in [1.82, 2.24) is 4.31 Å². The molecule has 0 unspecified atom stereocenters. The van der Waals surface area contributed by atoms with Crippen LogP contribution in [-0.2, 0) is 10.0 Å². The highest BCUT2D eigenvalue weighted by atomic mass is 35.5.